The average molecular weight is 374 g/mol. The van der Waals surface area contributed by atoms with Gasteiger partial charge in [-0.25, -0.2) is 9.78 Å². The van der Waals surface area contributed by atoms with Crippen LogP contribution in [0.15, 0.2) is 24.3 Å². The predicted octanol–water partition coefficient (Wildman–Crippen LogP) is 2.54. The second-order valence-corrected chi connectivity index (χ2v) is 8.02. The molecule has 2 aromatic rings. The quantitative estimate of drug-likeness (QED) is 0.816. The van der Waals surface area contributed by atoms with Crippen molar-refractivity contribution >= 4 is 39.4 Å². The smallest absolute Gasteiger partial charge is 0.325 e. The van der Waals surface area contributed by atoms with Gasteiger partial charge >= 0.3 is 6.03 Å². The van der Waals surface area contributed by atoms with Crippen LogP contribution in [0.4, 0.5) is 4.79 Å². The number of carbonyl (C=O) groups is 3. The summed E-state index contributed by atoms with van der Waals surface area (Å²) in [5.41, 5.74) is 0.00195. The largest absolute Gasteiger partial charge is 0.337 e. The third-order valence-electron chi connectivity index (χ3n) is 4.64. The number of nitrogens with zero attached hydrogens (tertiary/aromatic N) is 3. The molecule has 0 bridgehead atoms. The Morgan fingerprint density at radius 3 is 2.65 bits per heavy atom. The molecule has 8 heteroatoms. The highest BCUT2D eigenvalue weighted by molar-refractivity contribution is 7.18. The summed E-state index contributed by atoms with van der Waals surface area (Å²) in [4.78, 5) is 43.9. The Kier molecular flexibility index (Phi) is 4.70. The summed E-state index contributed by atoms with van der Waals surface area (Å²) in [5, 5.41) is 3.47. The summed E-state index contributed by atoms with van der Waals surface area (Å²) in [6.07, 6.45) is 0.0843. The summed E-state index contributed by atoms with van der Waals surface area (Å²) in [5.74, 6) is -0.445. The molecule has 1 atom stereocenters. The van der Waals surface area contributed by atoms with Gasteiger partial charge in [-0.3, -0.25) is 14.5 Å². The first-order chi connectivity index (χ1) is 12.2. The lowest BCUT2D eigenvalue weighted by Gasteiger charge is -2.24. The van der Waals surface area contributed by atoms with Gasteiger partial charge in [0.05, 0.1) is 16.3 Å². The molecule has 0 spiro atoms. The van der Waals surface area contributed by atoms with E-state index in [1.54, 1.807) is 37.1 Å². The molecule has 1 fully saturated rings. The zero-order valence-corrected chi connectivity index (χ0v) is 16.1. The van der Waals surface area contributed by atoms with E-state index in [9.17, 15) is 14.4 Å². The first kappa shape index (κ1) is 18.3. The van der Waals surface area contributed by atoms with E-state index in [1.807, 2.05) is 31.2 Å². The fourth-order valence-electron chi connectivity index (χ4n) is 2.86. The standard InChI is InChI=1S/C18H22N4O3S/c1-11(15-19-12-7-5-6-8-13(12)26-15)21(4)14(23)9-10-22-16(24)18(2,3)20-17(22)25/h5-8,11H,9-10H2,1-4H3,(H,20,25)/t11-/m1/s1. The maximum Gasteiger partial charge on any atom is 0.325 e. The van der Waals surface area contributed by atoms with Gasteiger partial charge < -0.3 is 10.2 Å². The molecule has 0 aliphatic carbocycles. The van der Waals surface area contributed by atoms with Gasteiger partial charge in [-0.05, 0) is 32.9 Å². The van der Waals surface area contributed by atoms with Crippen molar-refractivity contribution in [3.8, 4) is 0 Å². The molecular formula is C18H22N4O3S. The summed E-state index contributed by atoms with van der Waals surface area (Å²) in [6.45, 7) is 5.29. The fraction of sp³-hybridized carbons (Fsp3) is 0.444. The third-order valence-corrected chi connectivity index (χ3v) is 5.84. The molecule has 0 saturated carbocycles. The molecule has 26 heavy (non-hydrogen) atoms. The summed E-state index contributed by atoms with van der Waals surface area (Å²) in [7, 11) is 1.72. The van der Waals surface area contributed by atoms with Crippen LogP contribution in [-0.4, -0.2) is 51.8 Å². The molecule has 1 saturated heterocycles. The van der Waals surface area contributed by atoms with Crippen molar-refractivity contribution in [3.63, 3.8) is 0 Å². The van der Waals surface area contributed by atoms with Crippen LogP contribution in [0, 0.1) is 0 Å². The van der Waals surface area contributed by atoms with Crippen LogP contribution < -0.4 is 5.32 Å². The van der Waals surface area contributed by atoms with Gasteiger partial charge in [0.1, 0.15) is 10.5 Å². The Hall–Kier alpha value is -2.48. The summed E-state index contributed by atoms with van der Waals surface area (Å²) < 4.78 is 1.08. The van der Waals surface area contributed by atoms with E-state index in [4.69, 9.17) is 0 Å². The lowest BCUT2D eigenvalue weighted by atomic mass is 10.1. The minimum Gasteiger partial charge on any atom is -0.337 e. The van der Waals surface area contributed by atoms with Crippen LogP contribution in [0.5, 0.6) is 0 Å². The van der Waals surface area contributed by atoms with Crippen LogP contribution in [-0.2, 0) is 9.59 Å². The van der Waals surface area contributed by atoms with Gasteiger partial charge in [-0.2, -0.15) is 0 Å². The molecule has 1 aliphatic rings. The van der Waals surface area contributed by atoms with Crippen molar-refractivity contribution in [1.82, 2.24) is 20.1 Å². The second-order valence-electron chi connectivity index (χ2n) is 6.96. The lowest BCUT2D eigenvalue weighted by molar-refractivity contribution is -0.133. The van der Waals surface area contributed by atoms with E-state index in [0.717, 1.165) is 20.1 Å². The fourth-order valence-corrected chi connectivity index (χ4v) is 3.92. The number of urea groups is 1. The SMILES string of the molecule is C[C@H](c1nc2ccccc2s1)N(C)C(=O)CCN1C(=O)NC(C)(C)C1=O. The highest BCUT2D eigenvalue weighted by Gasteiger charge is 2.44. The number of carbonyl (C=O) groups excluding carboxylic acids is 3. The highest BCUT2D eigenvalue weighted by atomic mass is 32.1. The molecule has 1 aliphatic heterocycles. The van der Waals surface area contributed by atoms with Crippen LogP contribution in [0.1, 0.15) is 38.2 Å². The molecule has 3 rings (SSSR count). The van der Waals surface area contributed by atoms with Gasteiger partial charge in [0.25, 0.3) is 5.91 Å². The predicted molar refractivity (Wildman–Crippen MR) is 99.7 cm³/mol. The number of hydrogen-bond donors (Lipinski definition) is 1. The number of benzene rings is 1. The number of aromatic nitrogens is 1. The molecule has 7 nitrogen and oxygen atoms in total. The Bertz CT molecular complexity index is 843. The Balaban J connectivity index is 1.64. The van der Waals surface area contributed by atoms with Crippen molar-refractivity contribution in [3.05, 3.63) is 29.3 Å². The van der Waals surface area contributed by atoms with Gasteiger partial charge in [0, 0.05) is 20.0 Å². The number of para-hydroxylation sites is 1. The lowest BCUT2D eigenvalue weighted by Crippen LogP contribution is -2.41. The van der Waals surface area contributed by atoms with E-state index < -0.39 is 11.6 Å². The van der Waals surface area contributed by atoms with Crippen LogP contribution in [0.3, 0.4) is 0 Å². The van der Waals surface area contributed by atoms with Crippen molar-refractivity contribution < 1.29 is 14.4 Å². The number of nitrogens with one attached hydrogen (secondary N) is 1. The first-order valence-electron chi connectivity index (χ1n) is 8.46. The Morgan fingerprint density at radius 2 is 2.04 bits per heavy atom. The molecule has 0 unspecified atom stereocenters. The molecule has 138 valence electrons. The zero-order valence-electron chi connectivity index (χ0n) is 15.3. The summed E-state index contributed by atoms with van der Waals surface area (Å²) >= 11 is 1.56. The minimum atomic E-state index is -0.916. The van der Waals surface area contributed by atoms with Gasteiger partial charge in [-0.1, -0.05) is 12.1 Å². The third kappa shape index (κ3) is 3.29. The monoisotopic (exact) mass is 374 g/mol. The van der Waals surface area contributed by atoms with Crippen molar-refractivity contribution in [2.24, 2.45) is 0 Å². The molecular weight excluding hydrogens is 352 g/mol. The van der Waals surface area contributed by atoms with Crippen LogP contribution >= 0.6 is 11.3 Å². The normalized spacial score (nSPS) is 17.5. The van der Waals surface area contributed by atoms with E-state index in [1.165, 1.54) is 0 Å². The van der Waals surface area contributed by atoms with Gasteiger partial charge in [0.2, 0.25) is 5.91 Å². The van der Waals surface area contributed by atoms with E-state index in [-0.39, 0.29) is 30.8 Å². The molecule has 4 amide bonds. The molecule has 1 aromatic heterocycles. The average Bonchev–Trinajstić information content (AvgIpc) is 3.11. The van der Waals surface area contributed by atoms with Crippen molar-refractivity contribution in [1.29, 1.82) is 0 Å². The van der Waals surface area contributed by atoms with Crippen molar-refractivity contribution in [2.45, 2.75) is 38.8 Å². The molecule has 0 radical (unpaired) electrons. The maximum atomic E-state index is 12.5. The molecule has 1 aromatic carbocycles. The molecule has 2 heterocycles. The van der Waals surface area contributed by atoms with Crippen LogP contribution in [0.2, 0.25) is 0 Å². The highest BCUT2D eigenvalue weighted by Crippen LogP contribution is 2.29. The van der Waals surface area contributed by atoms with Crippen molar-refractivity contribution in [2.75, 3.05) is 13.6 Å². The number of thiazole rings is 1. The number of amides is 4. The van der Waals surface area contributed by atoms with E-state index in [2.05, 4.69) is 10.3 Å². The zero-order chi connectivity index (χ0) is 19.1. The second kappa shape index (κ2) is 6.68. The topological polar surface area (TPSA) is 82.6 Å². The van der Waals surface area contributed by atoms with Gasteiger partial charge in [0.15, 0.2) is 0 Å². The Labute approximate surface area is 156 Å². The minimum absolute atomic E-state index is 0.0732. The number of hydrogen-bond acceptors (Lipinski definition) is 5. The van der Waals surface area contributed by atoms with E-state index >= 15 is 0 Å². The number of rotatable bonds is 5. The number of imide groups is 1. The summed E-state index contributed by atoms with van der Waals surface area (Å²) in [6, 6.07) is 7.22. The Morgan fingerprint density at radius 1 is 1.35 bits per heavy atom. The van der Waals surface area contributed by atoms with E-state index in [0.29, 0.717) is 0 Å². The van der Waals surface area contributed by atoms with Crippen LogP contribution in [0.25, 0.3) is 10.2 Å². The first-order valence-corrected chi connectivity index (χ1v) is 9.27. The number of fused-ring (bicyclic) bond motifs is 1. The maximum absolute atomic E-state index is 12.5. The van der Waals surface area contributed by atoms with Gasteiger partial charge in [-0.15, -0.1) is 11.3 Å². The molecule has 1 N–H and O–H groups in total.